The molecule has 0 radical (unpaired) electrons. The van der Waals surface area contributed by atoms with Gasteiger partial charge in [0.25, 0.3) is 0 Å². The van der Waals surface area contributed by atoms with E-state index < -0.39 is 0 Å². The highest BCUT2D eigenvalue weighted by Crippen LogP contribution is 2.18. The summed E-state index contributed by atoms with van der Waals surface area (Å²) < 4.78 is 26.4. The summed E-state index contributed by atoms with van der Waals surface area (Å²) in [5.41, 5.74) is 1.51. The molecule has 1 aliphatic rings. The molecule has 0 unspecified atom stereocenters. The van der Waals surface area contributed by atoms with Crippen LogP contribution in [0.3, 0.4) is 0 Å². The van der Waals surface area contributed by atoms with E-state index in [4.69, 9.17) is 0 Å². The molecule has 0 saturated heterocycles. The van der Waals surface area contributed by atoms with Crippen LogP contribution in [0.25, 0.3) is 0 Å². The van der Waals surface area contributed by atoms with Crippen molar-refractivity contribution in [1.82, 2.24) is 5.32 Å². The van der Waals surface area contributed by atoms with Crippen LogP contribution in [0.2, 0.25) is 0 Å². The van der Waals surface area contributed by atoms with Crippen LogP contribution in [0.5, 0.6) is 0 Å². The van der Waals surface area contributed by atoms with Crippen LogP contribution in [-0.2, 0) is 6.42 Å². The van der Waals surface area contributed by atoms with Crippen molar-refractivity contribution in [2.75, 3.05) is 6.54 Å². The van der Waals surface area contributed by atoms with E-state index in [9.17, 15) is 8.78 Å². The third-order valence-electron chi connectivity index (χ3n) is 3.12. The summed E-state index contributed by atoms with van der Waals surface area (Å²) in [4.78, 5) is 0. The van der Waals surface area contributed by atoms with Crippen LogP contribution in [0, 0.1) is 11.6 Å². The zero-order chi connectivity index (χ0) is 13.0. The van der Waals surface area contributed by atoms with E-state index in [1.165, 1.54) is 25.0 Å². The Labute approximate surface area is 107 Å². The van der Waals surface area contributed by atoms with Gasteiger partial charge in [0.15, 0.2) is 0 Å². The number of allylic oxidation sites excluding steroid dienone is 1. The van der Waals surface area contributed by atoms with E-state index in [1.807, 2.05) is 6.92 Å². The van der Waals surface area contributed by atoms with Gasteiger partial charge in [-0.05, 0) is 62.9 Å². The summed E-state index contributed by atoms with van der Waals surface area (Å²) in [7, 11) is 0. The van der Waals surface area contributed by atoms with Crippen LogP contribution in [-0.4, -0.2) is 12.6 Å². The van der Waals surface area contributed by atoms with Gasteiger partial charge in [-0.15, -0.1) is 0 Å². The van der Waals surface area contributed by atoms with Crippen LogP contribution in [0.4, 0.5) is 8.78 Å². The first-order chi connectivity index (χ1) is 8.65. The zero-order valence-electron chi connectivity index (χ0n) is 10.7. The summed E-state index contributed by atoms with van der Waals surface area (Å²) in [6, 6.07) is 4.33. The predicted molar refractivity (Wildman–Crippen MR) is 69.5 cm³/mol. The Kier molecular flexibility index (Phi) is 4.48. The van der Waals surface area contributed by atoms with Crippen LogP contribution in [0.15, 0.2) is 29.8 Å². The number of benzene rings is 1. The molecule has 0 bridgehead atoms. The standard InChI is InChI=1S/C15H19F2N/c1-11(3-2-8-18-14-5-6-14)9-12-10-13(16)4-7-15(12)17/h3-4,7,10,14,18H,2,5-6,8-9H2,1H3. The first-order valence-electron chi connectivity index (χ1n) is 6.48. The van der Waals surface area contributed by atoms with Crippen molar-refractivity contribution >= 4 is 0 Å². The summed E-state index contributed by atoms with van der Waals surface area (Å²) in [5.74, 6) is -0.713. The van der Waals surface area contributed by atoms with E-state index in [-0.39, 0.29) is 11.6 Å². The van der Waals surface area contributed by atoms with Crippen LogP contribution >= 0.6 is 0 Å². The first kappa shape index (κ1) is 13.2. The molecular weight excluding hydrogens is 232 g/mol. The van der Waals surface area contributed by atoms with Gasteiger partial charge in [0.1, 0.15) is 11.6 Å². The zero-order valence-corrected chi connectivity index (χ0v) is 10.7. The Bertz CT molecular complexity index is 436. The van der Waals surface area contributed by atoms with Crippen molar-refractivity contribution in [3.63, 3.8) is 0 Å². The monoisotopic (exact) mass is 251 g/mol. The molecule has 1 N–H and O–H groups in total. The lowest BCUT2D eigenvalue weighted by molar-refractivity contribution is 0.588. The fraction of sp³-hybridized carbons (Fsp3) is 0.467. The maximum atomic E-state index is 13.4. The molecule has 0 spiro atoms. The highest BCUT2D eigenvalue weighted by Gasteiger charge is 2.19. The van der Waals surface area contributed by atoms with Gasteiger partial charge in [-0.2, -0.15) is 0 Å². The molecule has 1 fully saturated rings. The average Bonchev–Trinajstić information content (AvgIpc) is 3.13. The summed E-state index contributed by atoms with van der Waals surface area (Å²) >= 11 is 0. The minimum absolute atomic E-state index is 0.333. The van der Waals surface area contributed by atoms with E-state index in [1.54, 1.807) is 0 Å². The Balaban J connectivity index is 1.82. The summed E-state index contributed by atoms with van der Waals surface area (Å²) in [6.07, 6.45) is 6.10. The molecule has 98 valence electrons. The van der Waals surface area contributed by atoms with E-state index in [2.05, 4.69) is 11.4 Å². The van der Waals surface area contributed by atoms with Gasteiger partial charge in [0.2, 0.25) is 0 Å². The molecule has 0 aromatic heterocycles. The van der Waals surface area contributed by atoms with Crippen molar-refractivity contribution in [1.29, 1.82) is 0 Å². The number of rotatable bonds is 6. The maximum Gasteiger partial charge on any atom is 0.126 e. The lowest BCUT2D eigenvalue weighted by atomic mass is 10.0. The number of halogens is 2. The van der Waals surface area contributed by atoms with Gasteiger partial charge in [-0.25, -0.2) is 8.78 Å². The SMILES string of the molecule is CC(=CCCNC1CC1)Cc1cc(F)ccc1F. The molecule has 0 amide bonds. The normalized spacial score (nSPS) is 16.1. The molecule has 0 heterocycles. The lowest BCUT2D eigenvalue weighted by Gasteiger charge is -2.05. The fourth-order valence-electron chi connectivity index (χ4n) is 1.94. The molecule has 1 nitrogen and oxygen atoms in total. The van der Waals surface area contributed by atoms with Crippen molar-refractivity contribution in [3.05, 3.63) is 47.0 Å². The minimum Gasteiger partial charge on any atom is -0.314 e. The molecule has 2 rings (SSSR count). The smallest absolute Gasteiger partial charge is 0.126 e. The molecule has 1 aromatic rings. The molecule has 1 aromatic carbocycles. The summed E-state index contributed by atoms with van der Waals surface area (Å²) in [6.45, 7) is 2.93. The molecule has 1 saturated carbocycles. The third kappa shape index (κ3) is 4.22. The van der Waals surface area contributed by atoms with Gasteiger partial charge in [-0.3, -0.25) is 0 Å². The second kappa shape index (κ2) is 6.10. The number of nitrogens with one attached hydrogen (secondary N) is 1. The fourth-order valence-corrected chi connectivity index (χ4v) is 1.94. The largest absolute Gasteiger partial charge is 0.314 e. The predicted octanol–water partition coefficient (Wildman–Crippen LogP) is 3.60. The third-order valence-corrected chi connectivity index (χ3v) is 3.12. The summed E-state index contributed by atoms with van der Waals surface area (Å²) in [5, 5.41) is 3.42. The molecule has 0 atom stereocenters. The minimum atomic E-state index is -0.380. The van der Waals surface area contributed by atoms with Crippen molar-refractivity contribution in [3.8, 4) is 0 Å². The number of hydrogen-bond acceptors (Lipinski definition) is 1. The van der Waals surface area contributed by atoms with E-state index in [0.29, 0.717) is 12.0 Å². The van der Waals surface area contributed by atoms with Crippen molar-refractivity contribution in [2.24, 2.45) is 0 Å². The van der Waals surface area contributed by atoms with Crippen LogP contribution in [0.1, 0.15) is 31.7 Å². The first-order valence-corrected chi connectivity index (χ1v) is 6.48. The highest BCUT2D eigenvalue weighted by molar-refractivity contribution is 5.23. The van der Waals surface area contributed by atoms with Gasteiger partial charge in [-0.1, -0.05) is 11.6 Å². The molecule has 18 heavy (non-hydrogen) atoms. The Morgan fingerprint density at radius 3 is 2.89 bits per heavy atom. The average molecular weight is 251 g/mol. The lowest BCUT2D eigenvalue weighted by Crippen LogP contribution is -2.16. The van der Waals surface area contributed by atoms with Crippen molar-refractivity contribution in [2.45, 2.75) is 38.6 Å². The molecule has 3 heteroatoms. The quantitative estimate of drug-likeness (QED) is 0.601. The van der Waals surface area contributed by atoms with Crippen molar-refractivity contribution < 1.29 is 8.78 Å². The van der Waals surface area contributed by atoms with Gasteiger partial charge < -0.3 is 5.32 Å². The van der Waals surface area contributed by atoms with Crippen LogP contribution < -0.4 is 5.32 Å². The Morgan fingerprint density at radius 2 is 2.17 bits per heavy atom. The second-order valence-corrected chi connectivity index (χ2v) is 4.98. The molecule has 0 aliphatic heterocycles. The molecular formula is C15H19F2N. The Hall–Kier alpha value is -1.22. The maximum absolute atomic E-state index is 13.4. The Morgan fingerprint density at radius 1 is 1.39 bits per heavy atom. The second-order valence-electron chi connectivity index (χ2n) is 4.98. The van der Waals surface area contributed by atoms with E-state index in [0.717, 1.165) is 30.6 Å². The van der Waals surface area contributed by atoms with E-state index >= 15 is 0 Å². The van der Waals surface area contributed by atoms with Gasteiger partial charge in [0, 0.05) is 6.04 Å². The highest BCUT2D eigenvalue weighted by atomic mass is 19.1. The van der Waals surface area contributed by atoms with Gasteiger partial charge >= 0.3 is 0 Å². The molecule has 1 aliphatic carbocycles. The van der Waals surface area contributed by atoms with Gasteiger partial charge in [0.05, 0.1) is 0 Å². The topological polar surface area (TPSA) is 12.0 Å². The number of hydrogen-bond donors (Lipinski definition) is 1.